The third-order valence-corrected chi connectivity index (χ3v) is 5.37. The van der Waals surface area contributed by atoms with E-state index in [-0.39, 0.29) is 21.4 Å². The molecule has 0 spiro atoms. The lowest BCUT2D eigenvalue weighted by atomic mass is 10.2. The molecule has 0 atom stereocenters. The Morgan fingerprint density at radius 2 is 2.00 bits per heavy atom. The van der Waals surface area contributed by atoms with E-state index in [1.165, 1.54) is 23.0 Å². The molecule has 0 aliphatic heterocycles. The minimum absolute atomic E-state index is 0.0703. The summed E-state index contributed by atoms with van der Waals surface area (Å²) in [5.41, 5.74) is 0.837. The zero-order valence-corrected chi connectivity index (χ0v) is 19.5. The zero-order chi connectivity index (χ0) is 22.5. The highest BCUT2D eigenvalue weighted by atomic mass is 79.9. The maximum Gasteiger partial charge on any atom is 0.341 e. The molecule has 2 aromatic carbocycles. The van der Waals surface area contributed by atoms with Gasteiger partial charge < -0.3 is 9.84 Å². The number of halogens is 3. The molecule has 0 saturated heterocycles. The monoisotopic (exact) mass is 525 g/mol. The molecule has 3 aromatic rings. The summed E-state index contributed by atoms with van der Waals surface area (Å²) >= 11 is 15.7. The summed E-state index contributed by atoms with van der Waals surface area (Å²) in [7, 11) is 0. The number of nitrogens with zero attached hydrogens (tertiary/aromatic N) is 3. The number of aryl methyl sites for hydroxylation is 1. The van der Waals surface area contributed by atoms with Crippen LogP contribution in [-0.2, 0) is 11.2 Å². The van der Waals surface area contributed by atoms with Crippen LogP contribution < -0.4 is 10.3 Å². The minimum Gasteiger partial charge on any atom is -0.479 e. The van der Waals surface area contributed by atoms with Crippen LogP contribution >= 0.6 is 39.1 Å². The van der Waals surface area contributed by atoms with Gasteiger partial charge in [-0.05, 0) is 42.3 Å². The molecule has 31 heavy (non-hydrogen) atoms. The fourth-order valence-electron chi connectivity index (χ4n) is 2.86. The predicted octanol–water partition coefficient (Wildman–Crippen LogP) is 5.15. The smallest absolute Gasteiger partial charge is 0.341 e. The Kier molecular flexibility index (Phi) is 7.69. The largest absolute Gasteiger partial charge is 0.479 e. The maximum absolute atomic E-state index is 13.1. The molecule has 0 radical (unpaired) electrons. The standard InChI is InChI=1S/C21H18BrCl2N3O4/c1-2-3-4-18-26-17-6-5-13(22)9-14(17)21(30)27(18)25-10-12-7-15(23)20(16(24)8-12)31-11-19(28)29/h5-10H,2-4,11H2,1H3,(H,28,29). The number of fused-ring (bicyclic) bond motifs is 1. The van der Waals surface area contributed by atoms with Gasteiger partial charge in [0.05, 0.1) is 27.2 Å². The van der Waals surface area contributed by atoms with E-state index in [0.29, 0.717) is 28.7 Å². The lowest BCUT2D eigenvalue weighted by Crippen LogP contribution is -2.22. The van der Waals surface area contributed by atoms with Gasteiger partial charge in [0.15, 0.2) is 12.4 Å². The van der Waals surface area contributed by atoms with Crippen molar-refractivity contribution in [1.82, 2.24) is 9.66 Å². The highest BCUT2D eigenvalue weighted by Crippen LogP contribution is 2.33. The Balaban J connectivity index is 2.02. The Hall–Kier alpha value is -2.42. The van der Waals surface area contributed by atoms with Gasteiger partial charge in [0.2, 0.25) is 0 Å². The number of hydrogen-bond donors (Lipinski definition) is 1. The SMILES string of the molecule is CCCCc1nc2ccc(Br)cc2c(=O)n1N=Cc1cc(Cl)c(OCC(=O)O)c(Cl)c1. The predicted molar refractivity (Wildman–Crippen MR) is 125 cm³/mol. The molecule has 0 saturated carbocycles. The van der Waals surface area contributed by atoms with E-state index >= 15 is 0 Å². The van der Waals surface area contributed by atoms with Crippen LogP contribution in [0.3, 0.4) is 0 Å². The second kappa shape index (κ2) is 10.3. The fourth-order valence-corrected chi connectivity index (χ4v) is 3.83. The summed E-state index contributed by atoms with van der Waals surface area (Å²) in [6.07, 6.45) is 3.85. The molecule has 1 heterocycles. The van der Waals surface area contributed by atoms with E-state index in [0.717, 1.165) is 17.3 Å². The average Bonchev–Trinajstić information content (AvgIpc) is 2.71. The third-order valence-electron chi connectivity index (χ3n) is 4.31. The summed E-state index contributed by atoms with van der Waals surface area (Å²) < 4.78 is 7.16. The first-order valence-corrected chi connectivity index (χ1v) is 10.9. The van der Waals surface area contributed by atoms with E-state index < -0.39 is 12.6 Å². The molecule has 1 aromatic heterocycles. The van der Waals surface area contributed by atoms with Crippen molar-refractivity contribution in [2.75, 3.05) is 6.61 Å². The number of unbranched alkanes of at least 4 members (excludes halogenated alkanes) is 1. The molecule has 0 unspecified atom stereocenters. The second-order valence-electron chi connectivity index (χ2n) is 6.65. The molecule has 10 heteroatoms. The number of hydrogen-bond acceptors (Lipinski definition) is 5. The average molecular weight is 527 g/mol. The van der Waals surface area contributed by atoms with Gasteiger partial charge in [-0.2, -0.15) is 9.78 Å². The Labute approximate surface area is 196 Å². The molecular weight excluding hydrogens is 509 g/mol. The Bertz CT molecular complexity index is 1200. The lowest BCUT2D eigenvalue weighted by Gasteiger charge is -2.10. The highest BCUT2D eigenvalue weighted by molar-refractivity contribution is 9.10. The van der Waals surface area contributed by atoms with E-state index in [2.05, 4.69) is 32.9 Å². The minimum atomic E-state index is -1.15. The van der Waals surface area contributed by atoms with Crippen LogP contribution in [0.2, 0.25) is 10.0 Å². The number of carboxylic acid groups (broad SMARTS) is 1. The molecule has 0 fully saturated rings. The molecule has 3 rings (SSSR count). The van der Waals surface area contributed by atoms with Crippen LogP contribution in [0.5, 0.6) is 5.75 Å². The van der Waals surface area contributed by atoms with Crippen molar-refractivity contribution in [2.24, 2.45) is 5.10 Å². The number of ether oxygens (including phenoxy) is 1. The van der Waals surface area contributed by atoms with Crippen LogP contribution in [0.4, 0.5) is 0 Å². The van der Waals surface area contributed by atoms with Crippen LogP contribution in [0.15, 0.2) is 44.7 Å². The van der Waals surface area contributed by atoms with Gasteiger partial charge in [-0.3, -0.25) is 4.79 Å². The summed E-state index contributed by atoms with van der Waals surface area (Å²) in [4.78, 5) is 28.4. The van der Waals surface area contributed by atoms with Gasteiger partial charge >= 0.3 is 5.97 Å². The summed E-state index contributed by atoms with van der Waals surface area (Å²) in [5, 5.41) is 13.8. The van der Waals surface area contributed by atoms with Gasteiger partial charge in [-0.15, -0.1) is 0 Å². The van der Waals surface area contributed by atoms with Gasteiger partial charge in [0.25, 0.3) is 5.56 Å². The molecular formula is C21H18BrCl2N3O4. The maximum atomic E-state index is 13.1. The van der Waals surface area contributed by atoms with E-state index in [1.807, 2.05) is 6.07 Å². The van der Waals surface area contributed by atoms with Crippen molar-refractivity contribution in [2.45, 2.75) is 26.2 Å². The molecule has 0 aliphatic rings. The number of rotatable bonds is 8. The molecule has 162 valence electrons. The molecule has 0 aliphatic carbocycles. The summed E-state index contributed by atoms with van der Waals surface area (Å²) in [5.74, 6) is -0.523. The van der Waals surface area contributed by atoms with Crippen LogP contribution in [0.1, 0.15) is 31.2 Å². The molecule has 7 nitrogen and oxygen atoms in total. The van der Waals surface area contributed by atoms with Crippen LogP contribution in [0.25, 0.3) is 10.9 Å². The number of carboxylic acids is 1. The molecule has 0 amide bonds. The first kappa shape index (κ1) is 23.2. The van der Waals surface area contributed by atoms with E-state index in [1.54, 1.807) is 12.1 Å². The van der Waals surface area contributed by atoms with Gasteiger partial charge in [-0.25, -0.2) is 9.78 Å². The van der Waals surface area contributed by atoms with Crippen molar-refractivity contribution in [3.8, 4) is 5.75 Å². The van der Waals surface area contributed by atoms with Gasteiger partial charge in [-0.1, -0.05) is 52.5 Å². The molecule has 1 N–H and O–H groups in total. The van der Waals surface area contributed by atoms with Crippen LogP contribution in [0, 0.1) is 0 Å². The third kappa shape index (κ3) is 5.64. The lowest BCUT2D eigenvalue weighted by molar-refractivity contribution is -0.139. The second-order valence-corrected chi connectivity index (χ2v) is 8.38. The van der Waals surface area contributed by atoms with Crippen LogP contribution in [-0.4, -0.2) is 33.6 Å². The number of carbonyl (C=O) groups is 1. The van der Waals surface area contributed by atoms with Crippen molar-refractivity contribution in [3.63, 3.8) is 0 Å². The van der Waals surface area contributed by atoms with Gasteiger partial charge in [0.1, 0.15) is 5.82 Å². The summed E-state index contributed by atoms with van der Waals surface area (Å²) in [6.45, 7) is 1.49. The Morgan fingerprint density at radius 3 is 2.65 bits per heavy atom. The normalized spacial score (nSPS) is 11.4. The van der Waals surface area contributed by atoms with Crippen molar-refractivity contribution >= 4 is 62.2 Å². The van der Waals surface area contributed by atoms with Crippen molar-refractivity contribution < 1.29 is 14.6 Å². The number of aromatic nitrogens is 2. The number of benzene rings is 2. The number of aliphatic carboxylic acids is 1. The fraction of sp³-hybridized carbons (Fsp3) is 0.238. The van der Waals surface area contributed by atoms with Gasteiger partial charge in [0, 0.05) is 10.9 Å². The first-order chi connectivity index (χ1) is 14.8. The van der Waals surface area contributed by atoms with E-state index in [9.17, 15) is 9.59 Å². The zero-order valence-electron chi connectivity index (χ0n) is 16.4. The highest BCUT2D eigenvalue weighted by Gasteiger charge is 2.13. The van der Waals surface area contributed by atoms with E-state index in [4.69, 9.17) is 33.0 Å². The van der Waals surface area contributed by atoms with Crippen molar-refractivity contribution in [3.05, 3.63) is 66.6 Å². The summed E-state index contributed by atoms with van der Waals surface area (Å²) in [6, 6.07) is 8.39. The first-order valence-electron chi connectivity index (χ1n) is 9.39. The topological polar surface area (TPSA) is 93.8 Å². The Morgan fingerprint density at radius 1 is 1.29 bits per heavy atom. The molecule has 0 bridgehead atoms. The quantitative estimate of drug-likeness (QED) is 0.409. The van der Waals surface area contributed by atoms with Crippen molar-refractivity contribution in [1.29, 1.82) is 0 Å².